The first-order valence-electron chi connectivity index (χ1n) is 7.21. The van der Waals surface area contributed by atoms with Crippen molar-refractivity contribution in [2.75, 3.05) is 6.26 Å². The fourth-order valence-electron chi connectivity index (χ4n) is 2.42. The molecule has 0 saturated heterocycles. The molecule has 0 aliphatic rings. The first-order chi connectivity index (χ1) is 11.2. The summed E-state index contributed by atoms with van der Waals surface area (Å²) in [5, 5.41) is 7.36. The van der Waals surface area contributed by atoms with E-state index in [2.05, 4.69) is 68.9 Å². The fraction of sp³-hybridized carbons (Fsp3) is 0.118. The van der Waals surface area contributed by atoms with E-state index in [-0.39, 0.29) is 0 Å². The van der Waals surface area contributed by atoms with Gasteiger partial charge in [-0.25, -0.2) is 8.97 Å². The molecule has 6 heteroatoms. The highest BCUT2D eigenvalue weighted by Crippen LogP contribution is 2.19. The van der Waals surface area contributed by atoms with Crippen molar-refractivity contribution in [2.45, 2.75) is 0 Å². The SMILES string of the molecule is CSC(N)=N/[NH+]=C\c1ccc(-c2c[n+]3ccccc3n2C)cc1. The van der Waals surface area contributed by atoms with Crippen LogP contribution in [-0.4, -0.2) is 22.2 Å². The largest absolute Gasteiger partial charge is 0.373 e. The molecule has 3 N–H and O–H groups in total. The average molecular weight is 325 g/mol. The van der Waals surface area contributed by atoms with E-state index in [0.717, 1.165) is 11.2 Å². The van der Waals surface area contributed by atoms with Crippen molar-refractivity contribution in [1.82, 2.24) is 4.57 Å². The number of fused-ring (bicyclic) bond motifs is 1. The summed E-state index contributed by atoms with van der Waals surface area (Å²) >= 11 is 1.40. The van der Waals surface area contributed by atoms with Gasteiger partial charge in [-0.05, 0) is 36.6 Å². The number of pyridine rings is 1. The lowest BCUT2D eigenvalue weighted by molar-refractivity contribution is -0.510. The number of aryl methyl sites for hydroxylation is 1. The molecule has 2 heterocycles. The smallest absolute Gasteiger partial charge is 0.286 e. The normalized spacial score (nSPS) is 12.3. The minimum Gasteiger partial charge on any atom is -0.373 e. The molecule has 2 aromatic heterocycles. The van der Waals surface area contributed by atoms with Crippen LogP contribution in [0.25, 0.3) is 16.9 Å². The number of aromatic nitrogens is 2. The van der Waals surface area contributed by atoms with Crippen molar-refractivity contribution < 1.29 is 9.50 Å². The Labute approximate surface area is 139 Å². The lowest BCUT2D eigenvalue weighted by atomic mass is 10.1. The van der Waals surface area contributed by atoms with Gasteiger partial charge in [0.15, 0.2) is 5.69 Å². The number of imidazole rings is 1. The topological polar surface area (TPSA) is 61.4 Å². The Balaban J connectivity index is 1.88. The summed E-state index contributed by atoms with van der Waals surface area (Å²) in [7, 11) is 2.08. The second-order valence-corrected chi connectivity index (χ2v) is 5.92. The monoisotopic (exact) mass is 325 g/mol. The van der Waals surface area contributed by atoms with E-state index in [1.807, 2.05) is 24.6 Å². The summed E-state index contributed by atoms with van der Waals surface area (Å²) in [5.41, 5.74) is 10.1. The number of rotatable bonds is 3. The van der Waals surface area contributed by atoms with Gasteiger partial charge in [-0.15, -0.1) is 5.10 Å². The molecule has 0 bridgehead atoms. The van der Waals surface area contributed by atoms with Crippen LogP contribution < -0.4 is 15.2 Å². The third-order valence-corrected chi connectivity index (χ3v) is 4.17. The van der Waals surface area contributed by atoms with Crippen molar-refractivity contribution in [3.05, 3.63) is 60.4 Å². The molecule has 23 heavy (non-hydrogen) atoms. The predicted octanol–water partition coefficient (Wildman–Crippen LogP) is 0.523. The molecule has 5 nitrogen and oxygen atoms in total. The number of benzene rings is 1. The van der Waals surface area contributed by atoms with E-state index in [0.29, 0.717) is 5.17 Å². The first kappa shape index (κ1) is 15.3. The second kappa shape index (κ2) is 6.66. The Kier molecular flexibility index (Phi) is 4.43. The van der Waals surface area contributed by atoms with Crippen molar-refractivity contribution in [2.24, 2.45) is 17.9 Å². The lowest BCUT2D eigenvalue weighted by Crippen LogP contribution is -2.62. The van der Waals surface area contributed by atoms with Gasteiger partial charge in [0.1, 0.15) is 6.20 Å². The van der Waals surface area contributed by atoms with Crippen LogP contribution in [0.1, 0.15) is 5.56 Å². The summed E-state index contributed by atoms with van der Waals surface area (Å²) in [6, 6.07) is 14.5. The van der Waals surface area contributed by atoms with Crippen LogP contribution in [0, 0.1) is 0 Å². The summed E-state index contributed by atoms with van der Waals surface area (Å²) in [6.07, 6.45) is 7.90. The van der Waals surface area contributed by atoms with Gasteiger partial charge in [-0.1, -0.05) is 17.8 Å². The Morgan fingerprint density at radius 1 is 1.26 bits per heavy atom. The maximum atomic E-state index is 5.62. The molecule has 0 radical (unpaired) electrons. The molecule has 3 aromatic rings. The molecule has 3 rings (SSSR count). The van der Waals surface area contributed by atoms with Gasteiger partial charge in [0.05, 0.1) is 13.2 Å². The second-order valence-electron chi connectivity index (χ2n) is 5.09. The molecule has 116 valence electrons. The Morgan fingerprint density at radius 2 is 2.04 bits per heavy atom. The molecule has 0 atom stereocenters. The number of nitrogens with two attached hydrogens (primary N) is 1. The molecule has 0 unspecified atom stereocenters. The third-order valence-electron chi connectivity index (χ3n) is 3.66. The van der Waals surface area contributed by atoms with E-state index in [9.17, 15) is 0 Å². The Hall–Kier alpha value is -2.60. The van der Waals surface area contributed by atoms with Gasteiger partial charge in [0.25, 0.3) is 5.65 Å². The minimum absolute atomic E-state index is 0.505. The first-order valence-corrected chi connectivity index (χ1v) is 8.43. The van der Waals surface area contributed by atoms with E-state index in [4.69, 9.17) is 5.73 Å². The molecule has 0 amide bonds. The third kappa shape index (κ3) is 3.27. The van der Waals surface area contributed by atoms with Crippen LogP contribution in [0.15, 0.2) is 60.0 Å². The van der Waals surface area contributed by atoms with Gasteiger partial charge >= 0.3 is 0 Å². The molecular weight excluding hydrogens is 306 g/mol. The number of hydrogen-bond donors (Lipinski definition) is 2. The zero-order valence-electron chi connectivity index (χ0n) is 13.1. The molecule has 0 spiro atoms. The zero-order valence-corrected chi connectivity index (χ0v) is 13.9. The summed E-state index contributed by atoms with van der Waals surface area (Å²) in [6.45, 7) is 0. The van der Waals surface area contributed by atoms with Crippen LogP contribution in [0.2, 0.25) is 0 Å². The van der Waals surface area contributed by atoms with Crippen LogP contribution in [0.4, 0.5) is 0 Å². The highest BCUT2D eigenvalue weighted by Gasteiger charge is 2.14. The van der Waals surface area contributed by atoms with E-state index in [1.54, 1.807) is 0 Å². The molecule has 0 aliphatic carbocycles. The molecule has 0 saturated carbocycles. The molecular formula is C17H19N5S+2. The number of thioether (sulfide) groups is 1. The van der Waals surface area contributed by atoms with Gasteiger partial charge in [-0.2, -0.15) is 0 Å². The van der Waals surface area contributed by atoms with Crippen molar-refractivity contribution in [3.63, 3.8) is 0 Å². The van der Waals surface area contributed by atoms with Crippen molar-refractivity contribution >= 4 is 28.8 Å². The fourth-order valence-corrected chi connectivity index (χ4v) is 2.56. The maximum absolute atomic E-state index is 5.62. The van der Waals surface area contributed by atoms with E-state index < -0.39 is 0 Å². The predicted molar refractivity (Wildman–Crippen MR) is 95.3 cm³/mol. The number of nitrogens with one attached hydrogen (secondary N) is 1. The van der Waals surface area contributed by atoms with Crippen molar-refractivity contribution in [1.29, 1.82) is 0 Å². The number of hydrogen-bond acceptors (Lipinski definition) is 2. The van der Waals surface area contributed by atoms with E-state index in [1.165, 1.54) is 23.0 Å². The Morgan fingerprint density at radius 3 is 2.74 bits per heavy atom. The van der Waals surface area contributed by atoms with Gasteiger partial charge in [-0.3, -0.25) is 0 Å². The maximum Gasteiger partial charge on any atom is 0.286 e. The van der Waals surface area contributed by atoms with Crippen LogP contribution in [0.3, 0.4) is 0 Å². The van der Waals surface area contributed by atoms with Crippen LogP contribution >= 0.6 is 11.8 Å². The quantitative estimate of drug-likeness (QED) is 0.319. The summed E-state index contributed by atoms with van der Waals surface area (Å²) in [5.74, 6) is 0. The zero-order chi connectivity index (χ0) is 16.2. The minimum atomic E-state index is 0.505. The van der Waals surface area contributed by atoms with Gasteiger partial charge in [0.2, 0.25) is 11.4 Å². The highest BCUT2D eigenvalue weighted by molar-refractivity contribution is 8.13. The lowest BCUT2D eigenvalue weighted by Gasteiger charge is -1.97. The summed E-state index contributed by atoms with van der Waals surface area (Å²) in [4.78, 5) is 0. The highest BCUT2D eigenvalue weighted by atomic mass is 32.2. The van der Waals surface area contributed by atoms with Crippen molar-refractivity contribution in [3.8, 4) is 11.3 Å². The molecule has 0 aliphatic heterocycles. The molecule has 1 aromatic carbocycles. The van der Waals surface area contributed by atoms with Crippen LogP contribution in [-0.2, 0) is 7.05 Å². The average Bonchev–Trinajstić information content (AvgIpc) is 2.93. The van der Waals surface area contributed by atoms with Gasteiger partial charge < -0.3 is 5.73 Å². The standard InChI is InChI=1S/C17H18N5S/c1-21-15(12-22-10-4-3-5-16(21)22)14-8-6-13(7-9-14)11-19-20-17(18)23-2/h3-12H,1-2H3,(H2,18,20)/q+1/p+1/b19-11-. The summed E-state index contributed by atoms with van der Waals surface area (Å²) < 4.78 is 4.30. The van der Waals surface area contributed by atoms with Gasteiger partial charge in [0, 0.05) is 22.3 Å². The Bertz CT molecular complexity index is 878. The molecule has 0 fully saturated rings. The number of hydrazone groups is 1. The van der Waals surface area contributed by atoms with E-state index >= 15 is 0 Å². The number of amidine groups is 1. The van der Waals surface area contributed by atoms with Crippen LogP contribution in [0.5, 0.6) is 0 Å². The number of nitrogens with zero attached hydrogens (tertiary/aromatic N) is 3.